The first kappa shape index (κ1) is 20.5. The van der Waals surface area contributed by atoms with Crippen molar-refractivity contribution in [3.8, 4) is 11.1 Å². The SMILES string of the molecule is Cc1ccc(C(=O)NCCCc2cccc(-c3ccc(C(F)(F)F)nc3)c2)cn1. The maximum atomic E-state index is 12.6. The van der Waals surface area contributed by atoms with Crippen molar-refractivity contribution in [2.45, 2.75) is 25.9 Å². The van der Waals surface area contributed by atoms with E-state index in [9.17, 15) is 18.0 Å². The van der Waals surface area contributed by atoms with Crippen molar-refractivity contribution in [1.82, 2.24) is 15.3 Å². The van der Waals surface area contributed by atoms with E-state index in [2.05, 4.69) is 15.3 Å². The Labute approximate surface area is 166 Å². The fourth-order valence-corrected chi connectivity index (χ4v) is 2.84. The van der Waals surface area contributed by atoms with Crippen molar-refractivity contribution in [3.05, 3.63) is 83.4 Å². The van der Waals surface area contributed by atoms with Gasteiger partial charge in [-0.15, -0.1) is 0 Å². The molecule has 0 bridgehead atoms. The summed E-state index contributed by atoms with van der Waals surface area (Å²) in [6, 6.07) is 13.5. The molecule has 0 aliphatic carbocycles. The van der Waals surface area contributed by atoms with Crippen molar-refractivity contribution in [2.24, 2.45) is 0 Å². The highest BCUT2D eigenvalue weighted by Crippen LogP contribution is 2.29. The lowest BCUT2D eigenvalue weighted by Gasteiger charge is -2.09. The molecule has 0 spiro atoms. The number of carbonyl (C=O) groups excluding carboxylic acids is 1. The molecule has 1 aromatic carbocycles. The Bertz CT molecular complexity index is 968. The number of amides is 1. The molecule has 3 aromatic rings. The zero-order valence-electron chi connectivity index (χ0n) is 15.8. The van der Waals surface area contributed by atoms with E-state index < -0.39 is 11.9 Å². The zero-order chi connectivity index (χ0) is 20.9. The summed E-state index contributed by atoms with van der Waals surface area (Å²) in [6.45, 7) is 2.37. The molecular weight excluding hydrogens is 379 g/mol. The van der Waals surface area contributed by atoms with Gasteiger partial charge in [-0.3, -0.25) is 14.8 Å². The van der Waals surface area contributed by atoms with Crippen LogP contribution in [0.1, 0.15) is 33.7 Å². The van der Waals surface area contributed by atoms with Crippen molar-refractivity contribution < 1.29 is 18.0 Å². The Kier molecular flexibility index (Phi) is 6.26. The molecule has 0 aliphatic rings. The Hall–Kier alpha value is -3.22. The molecule has 3 rings (SSSR count). The first-order valence-corrected chi connectivity index (χ1v) is 9.16. The topological polar surface area (TPSA) is 54.9 Å². The van der Waals surface area contributed by atoms with Gasteiger partial charge in [-0.05, 0) is 49.1 Å². The van der Waals surface area contributed by atoms with Crippen LogP contribution in [0.3, 0.4) is 0 Å². The smallest absolute Gasteiger partial charge is 0.352 e. The third-order valence-electron chi connectivity index (χ3n) is 4.42. The van der Waals surface area contributed by atoms with E-state index in [-0.39, 0.29) is 5.91 Å². The maximum absolute atomic E-state index is 12.6. The summed E-state index contributed by atoms with van der Waals surface area (Å²) in [4.78, 5) is 19.7. The Morgan fingerprint density at radius 3 is 2.48 bits per heavy atom. The predicted octanol–water partition coefficient (Wildman–Crippen LogP) is 4.83. The standard InChI is InChI=1S/C22H20F3N3O/c1-15-7-8-19(14-27-15)21(29)26-11-3-5-16-4-2-6-17(12-16)18-9-10-20(28-13-18)22(23,24)25/h2,4,6-10,12-14H,3,5,11H2,1H3,(H,26,29). The highest BCUT2D eigenvalue weighted by molar-refractivity contribution is 5.93. The highest BCUT2D eigenvalue weighted by Gasteiger charge is 2.32. The number of nitrogens with one attached hydrogen (secondary N) is 1. The van der Waals surface area contributed by atoms with Crippen LogP contribution in [0.5, 0.6) is 0 Å². The summed E-state index contributed by atoms with van der Waals surface area (Å²) in [6.07, 6.45) is -0.197. The summed E-state index contributed by atoms with van der Waals surface area (Å²) in [5, 5.41) is 2.86. The first-order chi connectivity index (χ1) is 13.8. The molecule has 29 heavy (non-hydrogen) atoms. The minimum atomic E-state index is -4.44. The molecule has 0 saturated carbocycles. The van der Waals surface area contributed by atoms with Crippen molar-refractivity contribution in [1.29, 1.82) is 0 Å². The van der Waals surface area contributed by atoms with Gasteiger partial charge >= 0.3 is 6.18 Å². The number of aromatic nitrogens is 2. The second-order valence-corrected chi connectivity index (χ2v) is 6.68. The number of aryl methyl sites for hydroxylation is 2. The minimum absolute atomic E-state index is 0.165. The van der Waals surface area contributed by atoms with E-state index in [1.165, 1.54) is 12.3 Å². The lowest BCUT2D eigenvalue weighted by molar-refractivity contribution is -0.141. The summed E-state index contributed by atoms with van der Waals surface area (Å²) in [5.74, 6) is -0.165. The number of hydrogen-bond acceptors (Lipinski definition) is 3. The van der Waals surface area contributed by atoms with Gasteiger partial charge < -0.3 is 5.32 Å². The van der Waals surface area contributed by atoms with Crippen LogP contribution in [0.25, 0.3) is 11.1 Å². The van der Waals surface area contributed by atoms with Crippen molar-refractivity contribution in [2.75, 3.05) is 6.54 Å². The van der Waals surface area contributed by atoms with Gasteiger partial charge in [-0.1, -0.05) is 30.3 Å². The lowest BCUT2D eigenvalue weighted by atomic mass is 10.0. The van der Waals surface area contributed by atoms with Crippen LogP contribution < -0.4 is 5.32 Å². The molecule has 0 fully saturated rings. The van der Waals surface area contributed by atoms with Gasteiger partial charge in [-0.2, -0.15) is 13.2 Å². The van der Waals surface area contributed by atoms with Gasteiger partial charge in [0.25, 0.3) is 5.91 Å². The Morgan fingerprint density at radius 2 is 1.83 bits per heavy atom. The maximum Gasteiger partial charge on any atom is 0.433 e. The van der Waals surface area contributed by atoms with Crippen molar-refractivity contribution >= 4 is 5.91 Å². The van der Waals surface area contributed by atoms with E-state index in [0.29, 0.717) is 17.7 Å². The minimum Gasteiger partial charge on any atom is -0.352 e. The molecule has 0 atom stereocenters. The molecule has 7 heteroatoms. The van der Waals surface area contributed by atoms with E-state index in [0.717, 1.165) is 35.7 Å². The molecular formula is C22H20F3N3O. The van der Waals surface area contributed by atoms with E-state index >= 15 is 0 Å². The van der Waals surface area contributed by atoms with Crippen LogP contribution in [0.4, 0.5) is 13.2 Å². The fourth-order valence-electron chi connectivity index (χ4n) is 2.84. The summed E-state index contributed by atoms with van der Waals surface area (Å²) < 4.78 is 37.9. The van der Waals surface area contributed by atoms with Gasteiger partial charge in [0.05, 0.1) is 5.56 Å². The normalized spacial score (nSPS) is 11.3. The monoisotopic (exact) mass is 399 g/mol. The lowest BCUT2D eigenvalue weighted by Crippen LogP contribution is -2.24. The molecule has 0 unspecified atom stereocenters. The van der Waals surface area contributed by atoms with E-state index in [4.69, 9.17) is 0 Å². The second-order valence-electron chi connectivity index (χ2n) is 6.68. The van der Waals surface area contributed by atoms with Gasteiger partial charge in [0, 0.05) is 30.2 Å². The molecule has 2 heterocycles. The molecule has 150 valence electrons. The van der Waals surface area contributed by atoms with E-state index in [1.54, 1.807) is 18.3 Å². The van der Waals surface area contributed by atoms with Crippen molar-refractivity contribution in [3.63, 3.8) is 0 Å². The Balaban J connectivity index is 1.55. The number of hydrogen-bond donors (Lipinski definition) is 1. The summed E-state index contributed by atoms with van der Waals surface area (Å²) in [7, 11) is 0. The van der Waals surface area contributed by atoms with Crippen LogP contribution in [0.2, 0.25) is 0 Å². The van der Waals surface area contributed by atoms with Gasteiger partial charge in [0.1, 0.15) is 5.69 Å². The third-order valence-corrected chi connectivity index (χ3v) is 4.42. The molecule has 0 aliphatic heterocycles. The molecule has 0 radical (unpaired) electrons. The second kappa shape index (κ2) is 8.86. The van der Waals surface area contributed by atoms with Gasteiger partial charge in [0.2, 0.25) is 0 Å². The number of halogens is 3. The first-order valence-electron chi connectivity index (χ1n) is 9.16. The molecule has 1 amide bonds. The van der Waals surface area contributed by atoms with Crippen LogP contribution in [-0.2, 0) is 12.6 Å². The highest BCUT2D eigenvalue weighted by atomic mass is 19.4. The number of benzene rings is 1. The van der Waals surface area contributed by atoms with Crippen LogP contribution in [0, 0.1) is 6.92 Å². The predicted molar refractivity (Wildman–Crippen MR) is 104 cm³/mol. The molecule has 1 N–H and O–H groups in total. The van der Waals surface area contributed by atoms with Crippen LogP contribution in [0.15, 0.2) is 60.9 Å². The van der Waals surface area contributed by atoms with E-state index in [1.807, 2.05) is 31.2 Å². The average Bonchev–Trinajstić information content (AvgIpc) is 2.71. The molecule has 0 saturated heterocycles. The Morgan fingerprint density at radius 1 is 1.00 bits per heavy atom. The fraction of sp³-hybridized carbons (Fsp3) is 0.227. The number of pyridine rings is 2. The zero-order valence-corrected chi connectivity index (χ0v) is 15.8. The quantitative estimate of drug-likeness (QED) is 0.604. The number of nitrogens with zero attached hydrogens (tertiary/aromatic N) is 2. The molecule has 2 aromatic heterocycles. The third kappa shape index (κ3) is 5.63. The largest absolute Gasteiger partial charge is 0.433 e. The van der Waals surface area contributed by atoms with Gasteiger partial charge in [0.15, 0.2) is 0 Å². The van der Waals surface area contributed by atoms with Gasteiger partial charge in [-0.25, -0.2) is 0 Å². The number of alkyl halides is 3. The summed E-state index contributed by atoms with van der Waals surface area (Å²) in [5.41, 5.74) is 2.93. The van der Waals surface area contributed by atoms with Crippen LogP contribution >= 0.6 is 0 Å². The van der Waals surface area contributed by atoms with Crippen LogP contribution in [-0.4, -0.2) is 22.4 Å². The number of carbonyl (C=O) groups is 1. The number of rotatable bonds is 6. The molecule has 4 nitrogen and oxygen atoms in total. The average molecular weight is 399 g/mol. The summed E-state index contributed by atoms with van der Waals surface area (Å²) >= 11 is 0.